The summed E-state index contributed by atoms with van der Waals surface area (Å²) in [5.41, 5.74) is 6.97. The maximum atomic E-state index is 12.6. The minimum atomic E-state index is -0.659. The average molecular weight is 419 g/mol. The lowest BCUT2D eigenvalue weighted by Crippen LogP contribution is -2.52. The molecule has 2 aliphatic rings. The molecule has 0 aromatic carbocycles. The lowest BCUT2D eigenvalue weighted by molar-refractivity contribution is -0.121. The van der Waals surface area contributed by atoms with E-state index in [0.717, 1.165) is 37.7 Å². The Kier molecular flexibility index (Phi) is 6.12. The summed E-state index contributed by atoms with van der Waals surface area (Å²) in [7, 11) is 0. The van der Waals surface area contributed by atoms with Gasteiger partial charge >= 0.3 is 0 Å². The standard InChI is InChI=1S/C20H27ClN6O2/c1-12(2)15-17(22)23-10-24-18(15)25-13(3)9-14(21)16-19(29)26-20(27(16)11-28)7-5-4-6-8-20/h9-12H,4-8H2,1-3H3,(H,26,29)(H3,22,23,24,25)/b13-9+,16-14+. The third-order valence-electron chi connectivity index (χ3n) is 5.43. The van der Waals surface area contributed by atoms with Crippen LogP contribution in [0.25, 0.3) is 0 Å². The van der Waals surface area contributed by atoms with E-state index in [-0.39, 0.29) is 22.6 Å². The Morgan fingerprint density at radius 3 is 2.66 bits per heavy atom. The number of nitrogens with one attached hydrogen (secondary N) is 2. The summed E-state index contributed by atoms with van der Waals surface area (Å²) < 4.78 is 0. The molecule has 1 saturated carbocycles. The van der Waals surface area contributed by atoms with Crippen LogP contribution in [-0.2, 0) is 9.59 Å². The molecule has 1 saturated heterocycles. The predicted octanol–water partition coefficient (Wildman–Crippen LogP) is 3.20. The topological polar surface area (TPSA) is 113 Å². The quantitative estimate of drug-likeness (QED) is 0.499. The van der Waals surface area contributed by atoms with Gasteiger partial charge in [0, 0.05) is 11.3 Å². The number of rotatable bonds is 5. The van der Waals surface area contributed by atoms with Crippen LogP contribution in [0.5, 0.6) is 0 Å². The highest BCUT2D eigenvalue weighted by molar-refractivity contribution is 6.33. The van der Waals surface area contributed by atoms with Crippen molar-refractivity contribution in [2.45, 2.75) is 64.5 Å². The SMILES string of the molecule is C/C(=C\C(Cl)=C1\C(=O)NC2(CCCCC2)N1C=O)Nc1ncnc(N)c1C(C)C. The number of anilines is 2. The highest BCUT2D eigenvalue weighted by Gasteiger charge is 2.48. The zero-order valence-corrected chi connectivity index (χ0v) is 17.7. The number of aromatic nitrogens is 2. The molecule has 1 aromatic rings. The molecule has 0 bridgehead atoms. The third-order valence-corrected chi connectivity index (χ3v) is 5.71. The lowest BCUT2D eigenvalue weighted by Gasteiger charge is -2.38. The summed E-state index contributed by atoms with van der Waals surface area (Å²) in [6.45, 7) is 5.81. The largest absolute Gasteiger partial charge is 0.383 e. The van der Waals surface area contributed by atoms with Crippen LogP contribution in [0, 0.1) is 0 Å². The minimum absolute atomic E-state index is 0.123. The van der Waals surface area contributed by atoms with Gasteiger partial charge in [0.1, 0.15) is 29.3 Å². The van der Waals surface area contributed by atoms with E-state index in [0.29, 0.717) is 23.7 Å². The fraction of sp³-hybridized carbons (Fsp3) is 0.500. The zero-order chi connectivity index (χ0) is 21.2. The van der Waals surface area contributed by atoms with Gasteiger partial charge in [-0.15, -0.1) is 0 Å². The Morgan fingerprint density at radius 1 is 1.34 bits per heavy atom. The summed E-state index contributed by atoms with van der Waals surface area (Å²) in [6, 6.07) is 0. The fourth-order valence-corrected chi connectivity index (χ4v) is 4.43. The van der Waals surface area contributed by atoms with Gasteiger partial charge in [-0.05, 0) is 44.6 Å². The van der Waals surface area contributed by atoms with Crippen molar-refractivity contribution in [3.05, 3.63) is 34.4 Å². The number of nitrogens with two attached hydrogens (primary N) is 1. The van der Waals surface area contributed by atoms with Crippen molar-refractivity contribution < 1.29 is 9.59 Å². The van der Waals surface area contributed by atoms with Crippen molar-refractivity contribution in [1.29, 1.82) is 0 Å². The van der Waals surface area contributed by atoms with E-state index in [1.165, 1.54) is 11.2 Å². The monoisotopic (exact) mass is 418 g/mol. The molecule has 1 spiro atoms. The number of amides is 2. The summed E-state index contributed by atoms with van der Waals surface area (Å²) >= 11 is 6.50. The van der Waals surface area contributed by atoms with Gasteiger partial charge in [-0.1, -0.05) is 31.9 Å². The highest BCUT2D eigenvalue weighted by Crippen LogP contribution is 2.39. The molecule has 9 heteroatoms. The average Bonchev–Trinajstić information content (AvgIpc) is 2.92. The number of hydrogen-bond donors (Lipinski definition) is 3. The molecular weight excluding hydrogens is 392 g/mol. The Labute approximate surface area is 175 Å². The van der Waals surface area contributed by atoms with E-state index in [2.05, 4.69) is 20.6 Å². The molecule has 0 atom stereocenters. The molecule has 1 aliphatic carbocycles. The Balaban J connectivity index is 1.91. The fourth-order valence-electron chi connectivity index (χ4n) is 4.09. The predicted molar refractivity (Wildman–Crippen MR) is 113 cm³/mol. The number of carbonyl (C=O) groups is 2. The van der Waals surface area contributed by atoms with Crippen molar-refractivity contribution in [2.24, 2.45) is 0 Å². The summed E-state index contributed by atoms with van der Waals surface area (Å²) in [5.74, 6) is 0.790. The number of hydrogen-bond acceptors (Lipinski definition) is 6. The molecule has 2 amide bonds. The minimum Gasteiger partial charge on any atom is -0.383 e. The lowest BCUT2D eigenvalue weighted by atomic mass is 9.88. The molecule has 156 valence electrons. The van der Waals surface area contributed by atoms with Crippen LogP contribution in [0.3, 0.4) is 0 Å². The number of nitrogen functional groups attached to an aromatic ring is 1. The van der Waals surface area contributed by atoms with Crippen LogP contribution in [0.1, 0.15) is 64.4 Å². The Bertz CT molecular complexity index is 874. The molecule has 1 aliphatic heterocycles. The van der Waals surface area contributed by atoms with Gasteiger partial charge in [0.25, 0.3) is 5.91 Å². The van der Waals surface area contributed by atoms with Gasteiger partial charge in [-0.25, -0.2) is 9.97 Å². The summed E-state index contributed by atoms with van der Waals surface area (Å²) in [4.78, 5) is 34.3. The van der Waals surface area contributed by atoms with Gasteiger partial charge in [-0.2, -0.15) is 0 Å². The second kappa shape index (κ2) is 8.41. The van der Waals surface area contributed by atoms with E-state index < -0.39 is 5.66 Å². The summed E-state index contributed by atoms with van der Waals surface area (Å²) in [6.07, 6.45) is 8.17. The van der Waals surface area contributed by atoms with E-state index in [1.54, 1.807) is 13.0 Å². The third kappa shape index (κ3) is 4.07. The second-order valence-corrected chi connectivity index (χ2v) is 8.25. The van der Waals surface area contributed by atoms with Crippen molar-refractivity contribution in [3.63, 3.8) is 0 Å². The first-order valence-corrected chi connectivity index (χ1v) is 10.2. The van der Waals surface area contributed by atoms with Crippen LogP contribution in [0.4, 0.5) is 11.6 Å². The van der Waals surface area contributed by atoms with Crippen LogP contribution in [-0.4, -0.2) is 32.8 Å². The van der Waals surface area contributed by atoms with Crippen LogP contribution < -0.4 is 16.4 Å². The van der Waals surface area contributed by atoms with E-state index in [9.17, 15) is 9.59 Å². The van der Waals surface area contributed by atoms with Gasteiger partial charge in [0.15, 0.2) is 0 Å². The van der Waals surface area contributed by atoms with Crippen LogP contribution in [0.2, 0.25) is 0 Å². The highest BCUT2D eigenvalue weighted by atomic mass is 35.5. The van der Waals surface area contributed by atoms with Gasteiger partial charge in [-0.3, -0.25) is 14.5 Å². The Morgan fingerprint density at radius 2 is 2.03 bits per heavy atom. The molecule has 29 heavy (non-hydrogen) atoms. The first-order valence-electron chi connectivity index (χ1n) is 9.81. The maximum absolute atomic E-state index is 12.6. The van der Waals surface area contributed by atoms with Gasteiger partial charge < -0.3 is 16.4 Å². The number of allylic oxidation sites excluding steroid dienone is 3. The van der Waals surface area contributed by atoms with Crippen LogP contribution >= 0.6 is 11.6 Å². The van der Waals surface area contributed by atoms with Crippen molar-refractivity contribution >= 4 is 35.6 Å². The van der Waals surface area contributed by atoms with E-state index in [1.807, 2.05) is 13.8 Å². The molecule has 3 rings (SSSR count). The molecule has 8 nitrogen and oxygen atoms in total. The number of nitrogens with zero attached hydrogens (tertiary/aromatic N) is 3. The normalized spacial score (nSPS) is 20.8. The van der Waals surface area contributed by atoms with E-state index in [4.69, 9.17) is 17.3 Å². The van der Waals surface area contributed by atoms with Gasteiger partial charge in [0.05, 0.1) is 5.03 Å². The maximum Gasteiger partial charge on any atom is 0.271 e. The molecule has 4 N–H and O–H groups in total. The van der Waals surface area contributed by atoms with Crippen molar-refractivity contribution in [3.8, 4) is 0 Å². The van der Waals surface area contributed by atoms with Crippen LogP contribution in [0.15, 0.2) is 28.8 Å². The molecule has 2 fully saturated rings. The molecule has 0 unspecified atom stereocenters. The molecule has 1 aromatic heterocycles. The summed E-state index contributed by atoms with van der Waals surface area (Å²) in [5, 5.41) is 6.35. The zero-order valence-electron chi connectivity index (χ0n) is 17.0. The van der Waals surface area contributed by atoms with E-state index >= 15 is 0 Å². The molecule has 0 radical (unpaired) electrons. The van der Waals surface area contributed by atoms with Crippen molar-refractivity contribution in [2.75, 3.05) is 11.1 Å². The molecular formula is C20H27ClN6O2. The number of carbonyl (C=O) groups excluding carboxylic acids is 2. The second-order valence-electron chi connectivity index (χ2n) is 7.85. The smallest absolute Gasteiger partial charge is 0.271 e. The van der Waals surface area contributed by atoms with Gasteiger partial charge in [0.2, 0.25) is 6.41 Å². The number of halogens is 1. The van der Waals surface area contributed by atoms with Crippen molar-refractivity contribution in [1.82, 2.24) is 20.2 Å². The first-order chi connectivity index (χ1) is 13.8. The molecule has 2 heterocycles. The first kappa shape index (κ1) is 21.1. The Hall–Kier alpha value is -2.61.